The lowest BCUT2D eigenvalue weighted by molar-refractivity contribution is -0.117. The van der Waals surface area contributed by atoms with E-state index in [0.29, 0.717) is 64.2 Å². The number of methoxy groups -OCH3 is 2. The highest BCUT2D eigenvalue weighted by molar-refractivity contribution is 6.15. The summed E-state index contributed by atoms with van der Waals surface area (Å²) in [6.45, 7) is 2.56. The average Bonchev–Trinajstić information content (AvgIpc) is 3.84. The molecule has 2 unspecified atom stereocenters. The van der Waals surface area contributed by atoms with Crippen LogP contribution in [0, 0.1) is 0 Å². The van der Waals surface area contributed by atoms with Gasteiger partial charge in [-0.1, -0.05) is 36.4 Å². The molecule has 3 aliphatic rings. The molecule has 0 fully saturated rings. The predicted octanol–water partition coefficient (Wildman–Crippen LogP) is 6.94. The van der Waals surface area contributed by atoms with Gasteiger partial charge in [-0.3, -0.25) is 24.3 Å². The number of nitrogens with one attached hydrogen (secondary N) is 3. The number of likely N-dealkylation sites (N-methyl/N-ethyl adjacent to an activating group) is 1. The van der Waals surface area contributed by atoms with Crippen LogP contribution in [0.5, 0.6) is 23.0 Å². The van der Waals surface area contributed by atoms with Crippen molar-refractivity contribution in [2.24, 2.45) is 4.99 Å². The van der Waals surface area contributed by atoms with Crippen LogP contribution in [0.3, 0.4) is 0 Å². The Kier molecular flexibility index (Phi) is 10.9. The second-order valence-electron chi connectivity index (χ2n) is 14.6. The molecule has 5 aromatic rings. The van der Waals surface area contributed by atoms with Crippen molar-refractivity contribution in [2.75, 3.05) is 55.3 Å². The van der Waals surface area contributed by atoms with Gasteiger partial charge < -0.3 is 39.8 Å². The molecular weight excluding hydrogens is 749 g/mol. The Morgan fingerprint density at radius 3 is 2.17 bits per heavy atom. The molecule has 3 N–H and O–H groups in total. The van der Waals surface area contributed by atoms with E-state index in [-0.39, 0.29) is 37.0 Å². The third-order valence-corrected chi connectivity index (χ3v) is 11.0. The van der Waals surface area contributed by atoms with Crippen molar-refractivity contribution in [1.29, 1.82) is 0 Å². The van der Waals surface area contributed by atoms with E-state index in [0.717, 1.165) is 40.0 Å². The Morgan fingerprint density at radius 2 is 1.47 bits per heavy atom. The van der Waals surface area contributed by atoms with Crippen molar-refractivity contribution >= 4 is 52.4 Å². The number of hydrogen-bond acceptors (Lipinski definition) is 10. The van der Waals surface area contributed by atoms with E-state index in [2.05, 4.69) is 16.0 Å². The van der Waals surface area contributed by atoms with E-state index in [9.17, 15) is 14.4 Å². The highest BCUT2D eigenvalue weighted by Crippen LogP contribution is 2.42. The zero-order valence-corrected chi connectivity index (χ0v) is 33.6. The van der Waals surface area contributed by atoms with Gasteiger partial charge in [-0.05, 0) is 85.1 Å². The third-order valence-electron chi connectivity index (χ3n) is 11.0. The molecule has 0 bridgehead atoms. The SMILES string of the molecule is CNc1cc(OCc2cc(COc3cc4c(cc3OC)C(=O)N3c5ccccc5CC3C=N4)cc(NC(=O)C(C)NC)c2)c(OC)cc1C(=O)N1CCc2ccccc21. The fourth-order valence-electron chi connectivity index (χ4n) is 7.80. The first-order valence-corrected chi connectivity index (χ1v) is 19.5. The monoisotopic (exact) mass is 794 g/mol. The molecule has 0 aliphatic carbocycles. The minimum Gasteiger partial charge on any atom is -0.493 e. The average molecular weight is 795 g/mol. The number of benzene rings is 5. The molecule has 302 valence electrons. The maximum absolute atomic E-state index is 13.9. The number of nitrogens with zero attached hydrogens (tertiary/aromatic N) is 3. The molecule has 8 rings (SSSR count). The van der Waals surface area contributed by atoms with Crippen molar-refractivity contribution in [1.82, 2.24) is 5.32 Å². The topological polar surface area (TPSA) is 143 Å². The van der Waals surface area contributed by atoms with Gasteiger partial charge in [0.1, 0.15) is 13.2 Å². The number of rotatable bonds is 13. The van der Waals surface area contributed by atoms with Crippen LogP contribution in [0.1, 0.15) is 49.9 Å². The lowest BCUT2D eigenvalue weighted by atomic mass is 10.1. The molecule has 0 saturated carbocycles. The smallest absolute Gasteiger partial charge is 0.261 e. The lowest BCUT2D eigenvalue weighted by Crippen LogP contribution is -2.37. The predicted molar refractivity (Wildman–Crippen MR) is 229 cm³/mol. The maximum atomic E-state index is 13.9. The fourth-order valence-corrected chi connectivity index (χ4v) is 7.80. The van der Waals surface area contributed by atoms with Crippen LogP contribution in [0.15, 0.2) is 96.0 Å². The number of hydrogen-bond donors (Lipinski definition) is 3. The van der Waals surface area contributed by atoms with Gasteiger partial charge in [0.15, 0.2) is 23.0 Å². The zero-order valence-electron chi connectivity index (χ0n) is 33.6. The molecular formula is C46H46N6O7. The second-order valence-corrected chi connectivity index (χ2v) is 14.6. The summed E-state index contributed by atoms with van der Waals surface area (Å²) in [4.78, 5) is 49.1. The van der Waals surface area contributed by atoms with Crippen LogP contribution >= 0.6 is 0 Å². The first-order chi connectivity index (χ1) is 28.7. The summed E-state index contributed by atoms with van der Waals surface area (Å²) in [7, 11) is 6.55. The quantitative estimate of drug-likeness (QED) is 0.116. The van der Waals surface area contributed by atoms with Gasteiger partial charge in [0.2, 0.25) is 5.91 Å². The molecule has 13 nitrogen and oxygen atoms in total. The summed E-state index contributed by atoms with van der Waals surface area (Å²) in [5.41, 5.74) is 8.03. The number of para-hydroxylation sites is 2. The summed E-state index contributed by atoms with van der Waals surface area (Å²) in [5.74, 6) is 1.12. The van der Waals surface area contributed by atoms with Crippen LogP contribution in [0.25, 0.3) is 0 Å². The number of anilines is 4. The molecule has 59 heavy (non-hydrogen) atoms. The molecule has 0 radical (unpaired) electrons. The number of ether oxygens (including phenoxy) is 4. The van der Waals surface area contributed by atoms with Crippen molar-refractivity contribution in [3.63, 3.8) is 0 Å². The van der Waals surface area contributed by atoms with E-state index < -0.39 is 6.04 Å². The minimum atomic E-state index is -0.439. The van der Waals surface area contributed by atoms with Crippen molar-refractivity contribution in [2.45, 2.75) is 45.1 Å². The third kappa shape index (κ3) is 7.64. The highest BCUT2D eigenvalue weighted by Gasteiger charge is 2.36. The molecule has 2 atom stereocenters. The first-order valence-electron chi connectivity index (χ1n) is 19.5. The number of aliphatic imine (C=N–C) groups is 1. The summed E-state index contributed by atoms with van der Waals surface area (Å²) in [6, 6.07) is 27.7. The minimum absolute atomic E-state index is 0.0941. The van der Waals surface area contributed by atoms with Crippen molar-refractivity contribution in [3.05, 3.63) is 124 Å². The zero-order chi connectivity index (χ0) is 41.2. The number of amides is 3. The molecule has 3 amide bonds. The highest BCUT2D eigenvalue weighted by atomic mass is 16.5. The molecule has 13 heteroatoms. The Hall–Kier alpha value is -6.86. The van der Waals surface area contributed by atoms with Crippen LogP contribution < -0.4 is 44.7 Å². The summed E-state index contributed by atoms with van der Waals surface area (Å²) in [6.07, 6.45) is 3.30. The Balaban J connectivity index is 1.04. The molecule has 0 aromatic heterocycles. The number of fused-ring (bicyclic) bond motifs is 5. The van der Waals surface area contributed by atoms with Gasteiger partial charge in [0.25, 0.3) is 11.8 Å². The number of carbonyl (C=O) groups excluding carboxylic acids is 3. The Labute approximate surface area is 342 Å². The van der Waals surface area contributed by atoms with Gasteiger partial charge in [-0.2, -0.15) is 0 Å². The van der Waals surface area contributed by atoms with Crippen molar-refractivity contribution < 1.29 is 33.3 Å². The standard InChI is InChI=1S/C46H46N6O7/c1-27(47-2)44(53)50-32-17-28(25-58-42-22-36(48-3)34(20-40(42)56-4)45(54)51-15-14-30-10-6-8-12-38(30)51)16-29(18-32)26-59-43-23-37-35(21-41(43)57-5)46(55)52-33(24-49-37)19-31-11-7-9-13-39(31)52/h6-13,16-18,20-24,27,33,47-48H,14-15,19,25-26H2,1-5H3,(H,50,53). The Morgan fingerprint density at radius 1 is 0.814 bits per heavy atom. The summed E-state index contributed by atoms with van der Waals surface area (Å²) < 4.78 is 24.2. The largest absolute Gasteiger partial charge is 0.493 e. The van der Waals surface area contributed by atoms with Gasteiger partial charge in [-0.25, -0.2) is 0 Å². The molecule has 0 saturated heterocycles. The van der Waals surface area contributed by atoms with E-state index in [1.54, 1.807) is 55.1 Å². The summed E-state index contributed by atoms with van der Waals surface area (Å²) in [5, 5.41) is 9.12. The maximum Gasteiger partial charge on any atom is 0.261 e. The number of carbonyl (C=O) groups is 3. The summed E-state index contributed by atoms with van der Waals surface area (Å²) >= 11 is 0. The van der Waals surface area contributed by atoms with Gasteiger partial charge in [0, 0.05) is 55.4 Å². The van der Waals surface area contributed by atoms with E-state index >= 15 is 0 Å². The fraction of sp³-hybridized carbons (Fsp3) is 0.261. The Bertz CT molecular complexity index is 2480. The first kappa shape index (κ1) is 39.0. The molecule has 5 aromatic carbocycles. The van der Waals surface area contributed by atoms with Crippen LogP contribution in [0.4, 0.5) is 28.4 Å². The van der Waals surface area contributed by atoms with Crippen molar-refractivity contribution in [3.8, 4) is 23.0 Å². The van der Waals surface area contributed by atoms with Crippen LogP contribution in [-0.2, 0) is 30.8 Å². The molecule has 3 aliphatic heterocycles. The van der Waals surface area contributed by atoms with Crippen LogP contribution in [-0.4, -0.2) is 70.9 Å². The van der Waals surface area contributed by atoms with E-state index in [1.807, 2.05) is 72.9 Å². The van der Waals surface area contributed by atoms with E-state index in [1.165, 1.54) is 14.2 Å². The molecule has 3 heterocycles. The normalized spacial score (nSPS) is 15.3. The van der Waals surface area contributed by atoms with Gasteiger partial charge in [-0.15, -0.1) is 0 Å². The lowest BCUT2D eigenvalue weighted by Gasteiger charge is -2.22. The van der Waals surface area contributed by atoms with Crippen LogP contribution in [0.2, 0.25) is 0 Å². The van der Waals surface area contributed by atoms with Gasteiger partial charge in [0.05, 0.1) is 48.8 Å². The second kappa shape index (κ2) is 16.5. The van der Waals surface area contributed by atoms with Gasteiger partial charge >= 0.3 is 0 Å². The van der Waals surface area contributed by atoms with E-state index in [4.69, 9.17) is 23.9 Å². The molecule has 0 spiro atoms.